The number of imide groups is 1. The number of carbonyl (C=O) groups is 3. The minimum atomic E-state index is -0.683. The molecule has 0 bridgehead atoms. The summed E-state index contributed by atoms with van der Waals surface area (Å²) in [4.78, 5) is 38.7. The fraction of sp³-hybridized carbons (Fsp3) is 0.375. The molecule has 32 heavy (non-hydrogen) atoms. The predicted octanol–water partition coefficient (Wildman–Crippen LogP) is 2.71. The Morgan fingerprint density at radius 1 is 1.12 bits per heavy atom. The number of fused-ring (bicyclic) bond motifs is 1. The van der Waals surface area contributed by atoms with Gasteiger partial charge in [-0.1, -0.05) is 30.3 Å². The number of carbonyl (C=O) groups excluding carboxylic acids is 3. The number of amides is 4. The molecule has 0 unspecified atom stereocenters. The van der Waals surface area contributed by atoms with E-state index in [1.165, 1.54) is 4.90 Å². The summed E-state index contributed by atoms with van der Waals surface area (Å²) >= 11 is 0. The van der Waals surface area contributed by atoms with E-state index in [0.717, 1.165) is 29.5 Å². The summed E-state index contributed by atoms with van der Waals surface area (Å²) in [5, 5.41) is 5.75. The van der Waals surface area contributed by atoms with Crippen LogP contribution in [0.4, 0.5) is 4.79 Å². The maximum Gasteiger partial charge on any atom is 0.325 e. The Morgan fingerprint density at radius 2 is 1.84 bits per heavy atom. The second kappa shape index (κ2) is 9.30. The summed E-state index contributed by atoms with van der Waals surface area (Å²) < 4.78 is 10.7. The minimum Gasteiger partial charge on any atom is -0.493 e. The van der Waals surface area contributed by atoms with Gasteiger partial charge in [-0.2, -0.15) is 0 Å². The van der Waals surface area contributed by atoms with Crippen LogP contribution in [-0.2, 0) is 22.6 Å². The molecule has 0 saturated carbocycles. The van der Waals surface area contributed by atoms with Crippen LogP contribution in [0, 0.1) is 0 Å². The SMILES string of the molecule is COc1cc2c(cc1OC)[C@@H](NC(=O)CC[C@@H]1NC(=O)N(Cc3ccccc3)C1=O)CC2. The third kappa shape index (κ3) is 4.39. The molecule has 168 valence electrons. The molecule has 8 heteroatoms. The number of benzene rings is 2. The lowest BCUT2D eigenvalue weighted by Crippen LogP contribution is -2.33. The molecule has 0 spiro atoms. The Balaban J connectivity index is 1.32. The van der Waals surface area contributed by atoms with Gasteiger partial charge in [-0.15, -0.1) is 0 Å². The van der Waals surface area contributed by atoms with Gasteiger partial charge in [-0.3, -0.25) is 14.5 Å². The normalized spacial score (nSPS) is 19.5. The number of methoxy groups -OCH3 is 2. The molecule has 4 rings (SSSR count). The summed E-state index contributed by atoms with van der Waals surface area (Å²) in [6.45, 7) is 0.221. The van der Waals surface area contributed by atoms with Crippen molar-refractivity contribution in [1.29, 1.82) is 0 Å². The van der Waals surface area contributed by atoms with Gasteiger partial charge in [-0.25, -0.2) is 4.79 Å². The molecule has 1 aliphatic heterocycles. The van der Waals surface area contributed by atoms with Gasteiger partial charge >= 0.3 is 6.03 Å². The third-order valence-electron chi connectivity index (χ3n) is 6.01. The molecular formula is C24H27N3O5. The lowest BCUT2D eigenvalue weighted by molar-refractivity contribution is -0.128. The van der Waals surface area contributed by atoms with Crippen LogP contribution in [-0.4, -0.2) is 43.0 Å². The fourth-order valence-corrected chi connectivity index (χ4v) is 4.31. The Labute approximate surface area is 186 Å². The monoisotopic (exact) mass is 437 g/mol. The number of hydrogen-bond acceptors (Lipinski definition) is 5. The van der Waals surface area contributed by atoms with E-state index in [1.54, 1.807) is 14.2 Å². The van der Waals surface area contributed by atoms with Crippen molar-refractivity contribution in [3.05, 3.63) is 59.2 Å². The first kappa shape index (κ1) is 21.7. The Kier molecular flexibility index (Phi) is 6.30. The molecule has 2 N–H and O–H groups in total. The molecule has 1 saturated heterocycles. The van der Waals surface area contributed by atoms with Crippen LogP contribution >= 0.6 is 0 Å². The smallest absolute Gasteiger partial charge is 0.325 e. The van der Waals surface area contributed by atoms with Crippen LogP contribution in [0.25, 0.3) is 0 Å². The van der Waals surface area contributed by atoms with Gasteiger partial charge in [0, 0.05) is 6.42 Å². The molecule has 2 aromatic rings. The van der Waals surface area contributed by atoms with Crippen molar-refractivity contribution >= 4 is 17.8 Å². The predicted molar refractivity (Wildman–Crippen MR) is 117 cm³/mol. The summed E-state index contributed by atoms with van der Waals surface area (Å²) in [7, 11) is 3.18. The summed E-state index contributed by atoms with van der Waals surface area (Å²) in [6, 6.07) is 12.0. The van der Waals surface area contributed by atoms with Crippen molar-refractivity contribution in [2.45, 2.75) is 44.3 Å². The van der Waals surface area contributed by atoms with E-state index in [4.69, 9.17) is 9.47 Å². The van der Waals surface area contributed by atoms with Crippen molar-refractivity contribution in [2.24, 2.45) is 0 Å². The van der Waals surface area contributed by atoms with Crippen molar-refractivity contribution in [2.75, 3.05) is 14.2 Å². The van der Waals surface area contributed by atoms with Crippen molar-refractivity contribution in [1.82, 2.24) is 15.5 Å². The lowest BCUT2D eigenvalue weighted by atomic mass is 10.1. The minimum absolute atomic E-state index is 0.110. The Morgan fingerprint density at radius 3 is 2.56 bits per heavy atom. The number of aryl methyl sites for hydroxylation is 1. The number of nitrogens with one attached hydrogen (secondary N) is 2. The first-order valence-electron chi connectivity index (χ1n) is 10.7. The summed E-state index contributed by atoms with van der Waals surface area (Å²) in [5.74, 6) is 0.856. The molecule has 2 aliphatic rings. The highest BCUT2D eigenvalue weighted by molar-refractivity contribution is 6.04. The second-order valence-corrected chi connectivity index (χ2v) is 8.02. The molecule has 2 atom stereocenters. The highest BCUT2D eigenvalue weighted by atomic mass is 16.5. The zero-order chi connectivity index (χ0) is 22.7. The van der Waals surface area contributed by atoms with E-state index in [9.17, 15) is 14.4 Å². The topological polar surface area (TPSA) is 97.0 Å². The first-order chi connectivity index (χ1) is 15.5. The molecule has 4 amide bonds. The molecular weight excluding hydrogens is 410 g/mol. The second-order valence-electron chi connectivity index (χ2n) is 8.02. The van der Waals surface area contributed by atoms with Crippen LogP contribution < -0.4 is 20.1 Å². The highest BCUT2D eigenvalue weighted by Crippen LogP contribution is 2.39. The molecule has 1 fully saturated rings. The van der Waals surface area contributed by atoms with Gasteiger partial charge in [0.2, 0.25) is 5.91 Å². The van der Waals surface area contributed by atoms with Gasteiger partial charge < -0.3 is 20.1 Å². The van der Waals surface area contributed by atoms with E-state index in [0.29, 0.717) is 11.5 Å². The average molecular weight is 437 g/mol. The van der Waals surface area contributed by atoms with Crippen molar-refractivity contribution in [3.8, 4) is 11.5 Å². The van der Waals surface area contributed by atoms with Crippen LogP contribution in [0.2, 0.25) is 0 Å². The van der Waals surface area contributed by atoms with Gasteiger partial charge in [0.1, 0.15) is 6.04 Å². The van der Waals surface area contributed by atoms with E-state index >= 15 is 0 Å². The largest absolute Gasteiger partial charge is 0.493 e. The van der Waals surface area contributed by atoms with Crippen LogP contribution in [0.15, 0.2) is 42.5 Å². The number of ether oxygens (including phenoxy) is 2. The summed E-state index contributed by atoms with van der Waals surface area (Å²) in [6.07, 6.45) is 2.04. The molecule has 2 aromatic carbocycles. The molecule has 0 radical (unpaired) electrons. The fourth-order valence-electron chi connectivity index (χ4n) is 4.31. The summed E-state index contributed by atoms with van der Waals surface area (Å²) in [5.41, 5.74) is 3.03. The van der Waals surface area contributed by atoms with E-state index < -0.39 is 12.1 Å². The van der Waals surface area contributed by atoms with Crippen molar-refractivity contribution in [3.63, 3.8) is 0 Å². The van der Waals surface area contributed by atoms with E-state index in [-0.39, 0.29) is 37.2 Å². The zero-order valence-corrected chi connectivity index (χ0v) is 18.2. The van der Waals surface area contributed by atoms with Gasteiger partial charge in [0.15, 0.2) is 11.5 Å². The third-order valence-corrected chi connectivity index (χ3v) is 6.01. The van der Waals surface area contributed by atoms with Crippen LogP contribution in [0.3, 0.4) is 0 Å². The Hall–Kier alpha value is -3.55. The zero-order valence-electron chi connectivity index (χ0n) is 18.2. The number of urea groups is 1. The van der Waals surface area contributed by atoms with Gasteiger partial charge in [-0.05, 0) is 48.1 Å². The first-order valence-corrected chi connectivity index (χ1v) is 10.7. The van der Waals surface area contributed by atoms with E-state index in [1.807, 2.05) is 42.5 Å². The number of hydrogen-bond donors (Lipinski definition) is 2. The standard InChI is InChI=1S/C24H27N3O5/c1-31-20-12-16-8-9-18(17(16)13-21(20)32-2)25-22(28)11-10-19-23(29)27(24(30)26-19)14-15-6-4-3-5-7-15/h3-7,12-13,18-19H,8-11,14H2,1-2H3,(H,25,28)(H,26,30)/t18-,19-/m0/s1. The number of nitrogens with zero attached hydrogens (tertiary/aromatic N) is 1. The van der Waals surface area contributed by atoms with Crippen LogP contribution in [0.1, 0.15) is 42.0 Å². The average Bonchev–Trinajstić information content (AvgIpc) is 3.32. The molecule has 1 aliphatic carbocycles. The van der Waals surface area contributed by atoms with Gasteiger partial charge in [0.25, 0.3) is 5.91 Å². The highest BCUT2D eigenvalue weighted by Gasteiger charge is 2.38. The van der Waals surface area contributed by atoms with Crippen LogP contribution in [0.5, 0.6) is 11.5 Å². The van der Waals surface area contributed by atoms with Crippen molar-refractivity contribution < 1.29 is 23.9 Å². The quantitative estimate of drug-likeness (QED) is 0.619. The molecule has 0 aromatic heterocycles. The maximum atomic E-state index is 12.7. The Bertz CT molecular complexity index is 1020. The van der Waals surface area contributed by atoms with E-state index in [2.05, 4.69) is 10.6 Å². The van der Waals surface area contributed by atoms with Gasteiger partial charge in [0.05, 0.1) is 26.8 Å². The lowest BCUT2D eigenvalue weighted by Gasteiger charge is -2.17. The molecule has 1 heterocycles. The molecule has 8 nitrogen and oxygen atoms in total. The maximum absolute atomic E-state index is 12.7. The number of rotatable bonds is 8.